The zero-order valence-electron chi connectivity index (χ0n) is 15.2. The number of hydrogen-bond donors (Lipinski definition) is 2. The molecule has 0 saturated carbocycles. The molecule has 1 aromatic heterocycles. The second-order valence-corrected chi connectivity index (χ2v) is 6.79. The molecule has 142 valence electrons. The number of benzene rings is 2. The zero-order valence-corrected chi connectivity index (χ0v) is 16.0. The molecule has 0 unspecified atom stereocenters. The van der Waals surface area contributed by atoms with Crippen molar-refractivity contribution in [1.82, 2.24) is 5.43 Å². The van der Waals surface area contributed by atoms with E-state index < -0.39 is 0 Å². The van der Waals surface area contributed by atoms with Gasteiger partial charge in [-0.2, -0.15) is 5.10 Å². The Morgan fingerprint density at radius 2 is 1.86 bits per heavy atom. The zero-order chi connectivity index (χ0) is 19.8. The van der Waals surface area contributed by atoms with Crippen LogP contribution in [0.25, 0.3) is 0 Å². The third-order valence-electron chi connectivity index (χ3n) is 3.74. The fourth-order valence-corrected chi connectivity index (χ4v) is 2.95. The van der Waals surface area contributed by atoms with Crippen LogP contribution in [0.15, 0.2) is 77.2 Å². The van der Waals surface area contributed by atoms with Crippen molar-refractivity contribution in [3.05, 3.63) is 82.6 Å². The van der Waals surface area contributed by atoms with Gasteiger partial charge in [-0.05, 0) is 48.2 Å². The first-order valence-corrected chi connectivity index (χ1v) is 9.46. The van der Waals surface area contributed by atoms with Crippen LogP contribution in [0.3, 0.4) is 0 Å². The number of carbonyl (C=O) groups excluding carboxylic acids is 2. The van der Waals surface area contributed by atoms with Crippen LogP contribution in [0.4, 0.5) is 5.69 Å². The number of hydrazone groups is 1. The first kappa shape index (κ1) is 19.3. The van der Waals surface area contributed by atoms with Crippen LogP contribution < -0.4 is 15.5 Å². The minimum Gasteiger partial charge on any atom is -0.484 e. The second-order valence-electron chi connectivity index (χ2n) is 5.85. The van der Waals surface area contributed by atoms with Gasteiger partial charge >= 0.3 is 0 Å². The van der Waals surface area contributed by atoms with E-state index in [4.69, 9.17) is 4.74 Å². The van der Waals surface area contributed by atoms with E-state index in [9.17, 15) is 9.59 Å². The Hall–Kier alpha value is -3.45. The van der Waals surface area contributed by atoms with Crippen molar-refractivity contribution < 1.29 is 14.3 Å². The summed E-state index contributed by atoms with van der Waals surface area (Å²) in [5.41, 5.74) is 4.53. The summed E-state index contributed by atoms with van der Waals surface area (Å²) in [6, 6.07) is 20.0. The van der Waals surface area contributed by atoms with Gasteiger partial charge in [-0.3, -0.25) is 9.59 Å². The molecule has 3 aromatic rings. The minimum absolute atomic E-state index is 0.127. The SMILES string of the molecule is C/C(=N\NC(=O)COc1ccccc1)c1cccc(NC(=O)c2cccs2)c1. The van der Waals surface area contributed by atoms with Crippen molar-refractivity contribution >= 4 is 34.6 Å². The van der Waals surface area contributed by atoms with Crippen molar-refractivity contribution in [2.24, 2.45) is 5.10 Å². The molecule has 0 bridgehead atoms. The van der Waals surface area contributed by atoms with Gasteiger partial charge in [0.05, 0.1) is 10.6 Å². The van der Waals surface area contributed by atoms with Crippen LogP contribution in [0.1, 0.15) is 22.2 Å². The van der Waals surface area contributed by atoms with Gasteiger partial charge in [-0.1, -0.05) is 36.4 Å². The number of para-hydroxylation sites is 1. The van der Waals surface area contributed by atoms with Gasteiger partial charge < -0.3 is 10.1 Å². The number of carbonyl (C=O) groups is 2. The average molecular weight is 393 g/mol. The Labute approximate surface area is 166 Å². The molecule has 0 radical (unpaired) electrons. The number of hydrogen-bond acceptors (Lipinski definition) is 5. The van der Waals surface area contributed by atoms with Crippen LogP contribution in [0.2, 0.25) is 0 Å². The molecule has 0 aliphatic rings. The van der Waals surface area contributed by atoms with Crippen LogP contribution in [0, 0.1) is 0 Å². The molecule has 2 amide bonds. The maximum atomic E-state index is 12.2. The third-order valence-corrected chi connectivity index (χ3v) is 4.61. The summed E-state index contributed by atoms with van der Waals surface area (Å²) in [5, 5.41) is 8.81. The highest BCUT2D eigenvalue weighted by Crippen LogP contribution is 2.15. The predicted octanol–water partition coefficient (Wildman–Crippen LogP) is 3.92. The van der Waals surface area contributed by atoms with Crippen molar-refractivity contribution in [3.8, 4) is 5.75 Å². The number of ether oxygens (including phenoxy) is 1. The normalized spacial score (nSPS) is 11.0. The summed E-state index contributed by atoms with van der Waals surface area (Å²) in [6.45, 7) is 1.65. The molecule has 0 aliphatic heterocycles. The van der Waals surface area contributed by atoms with Gasteiger partial charge in [0.25, 0.3) is 11.8 Å². The van der Waals surface area contributed by atoms with Crippen LogP contribution in [0.5, 0.6) is 5.75 Å². The molecule has 7 heteroatoms. The number of thiophene rings is 1. The Morgan fingerprint density at radius 3 is 2.61 bits per heavy atom. The van der Waals surface area contributed by atoms with Crippen molar-refractivity contribution in [1.29, 1.82) is 0 Å². The Morgan fingerprint density at radius 1 is 1.04 bits per heavy atom. The molecule has 0 aliphatic carbocycles. The summed E-state index contributed by atoms with van der Waals surface area (Å²) in [6.07, 6.45) is 0. The second kappa shape index (κ2) is 9.48. The van der Waals surface area contributed by atoms with Crippen LogP contribution in [-0.4, -0.2) is 24.1 Å². The maximum absolute atomic E-state index is 12.2. The van der Waals surface area contributed by atoms with E-state index in [0.717, 1.165) is 5.56 Å². The summed E-state index contributed by atoms with van der Waals surface area (Å²) < 4.78 is 5.38. The predicted molar refractivity (Wildman–Crippen MR) is 111 cm³/mol. The highest BCUT2D eigenvalue weighted by Gasteiger charge is 2.08. The lowest BCUT2D eigenvalue weighted by Crippen LogP contribution is -2.25. The fourth-order valence-electron chi connectivity index (χ4n) is 2.33. The van der Waals surface area contributed by atoms with E-state index in [1.807, 2.05) is 41.8 Å². The van der Waals surface area contributed by atoms with Gasteiger partial charge in [0, 0.05) is 5.69 Å². The van der Waals surface area contributed by atoms with E-state index in [1.54, 1.807) is 37.3 Å². The van der Waals surface area contributed by atoms with Gasteiger partial charge in [-0.25, -0.2) is 5.43 Å². The number of rotatable bonds is 7. The first-order chi connectivity index (χ1) is 13.6. The van der Waals surface area contributed by atoms with Gasteiger partial charge in [0.2, 0.25) is 0 Å². The molecular formula is C21H19N3O3S. The maximum Gasteiger partial charge on any atom is 0.277 e. The molecule has 0 saturated heterocycles. The highest BCUT2D eigenvalue weighted by molar-refractivity contribution is 7.12. The standard InChI is InChI=1S/C21H19N3O3S/c1-15(23-24-20(25)14-27-18-9-3-2-4-10-18)16-7-5-8-17(13-16)22-21(26)19-11-6-12-28-19/h2-13H,14H2,1H3,(H,22,26)(H,24,25)/b23-15+. The summed E-state index contributed by atoms with van der Waals surface area (Å²) in [4.78, 5) is 24.7. The smallest absolute Gasteiger partial charge is 0.277 e. The monoisotopic (exact) mass is 393 g/mol. The lowest BCUT2D eigenvalue weighted by atomic mass is 10.1. The lowest BCUT2D eigenvalue weighted by Gasteiger charge is -2.08. The molecule has 2 aromatic carbocycles. The molecule has 6 nitrogen and oxygen atoms in total. The van der Waals surface area contributed by atoms with Crippen LogP contribution >= 0.6 is 11.3 Å². The largest absolute Gasteiger partial charge is 0.484 e. The highest BCUT2D eigenvalue weighted by atomic mass is 32.1. The summed E-state index contributed by atoms with van der Waals surface area (Å²) >= 11 is 1.38. The number of nitrogens with zero attached hydrogens (tertiary/aromatic N) is 1. The summed E-state index contributed by atoms with van der Waals surface area (Å²) in [7, 11) is 0. The average Bonchev–Trinajstić information content (AvgIpc) is 3.26. The minimum atomic E-state index is -0.356. The van der Waals surface area contributed by atoms with E-state index in [0.29, 0.717) is 22.0 Å². The molecule has 2 N–H and O–H groups in total. The van der Waals surface area contributed by atoms with E-state index in [-0.39, 0.29) is 18.4 Å². The fraction of sp³-hybridized carbons (Fsp3) is 0.0952. The Kier molecular flexibility index (Phi) is 6.54. The molecule has 3 rings (SSSR count). The lowest BCUT2D eigenvalue weighted by molar-refractivity contribution is -0.123. The molecular weight excluding hydrogens is 374 g/mol. The molecule has 28 heavy (non-hydrogen) atoms. The number of nitrogens with one attached hydrogen (secondary N) is 2. The number of anilines is 1. The topological polar surface area (TPSA) is 79.8 Å². The van der Waals surface area contributed by atoms with Gasteiger partial charge in [0.15, 0.2) is 6.61 Å². The molecule has 0 spiro atoms. The van der Waals surface area contributed by atoms with E-state index in [2.05, 4.69) is 15.8 Å². The molecule has 1 heterocycles. The van der Waals surface area contributed by atoms with E-state index >= 15 is 0 Å². The molecule has 0 fully saturated rings. The van der Waals surface area contributed by atoms with Crippen molar-refractivity contribution in [3.63, 3.8) is 0 Å². The van der Waals surface area contributed by atoms with Crippen molar-refractivity contribution in [2.45, 2.75) is 6.92 Å². The number of amides is 2. The summed E-state index contributed by atoms with van der Waals surface area (Å²) in [5.74, 6) is 0.103. The Balaban J connectivity index is 1.56. The van der Waals surface area contributed by atoms with Gasteiger partial charge in [-0.15, -0.1) is 11.3 Å². The molecule has 0 atom stereocenters. The quantitative estimate of drug-likeness (QED) is 0.472. The van der Waals surface area contributed by atoms with Crippen molar-refractivity contribution in [2.75, 3.05) is 11.9 Å². The third kappa shape index (κ3) is 5.52. The van der Waals surface area contributed by atoms with Crippen LogP contribution in [-0.2, 0) is 4.79 Å². The first-order valence-electron chi connectivity index (χ1n) is 8.58. The Bertz CT molecular complexity index is 970. The van der Waals surface area contributed by atoms with Gasteiger partial charge in [0.1, 0.15) is 5.75 Å². The van der Waals surface area contributed by atoms with E-state index in [1.165, 1.54) is 11.3 Å².